The van der Waals surface area contributed by atoms with E-state index in [4.69, 9.17) is 20.2 Å². The monoisotopic (exact) mass is 481 g/mol. The van der Waals surface area contributed by atoms with E-state index in [0.717, 1.165) is 13.1 Å². The van der Waals surface area contributed by atoms with Gasteiger partial charge in [0.25, 0.3) is 5.91 Å². The first-order valence-electron chi connectivity index (χ1n) is 11.6. The summed E-state index contributed by atoms with van der Waals surface area (Å²) in [5.41, 5.74) is 7.90. The fourth-order valence-electron chi connectivity index (χ4n) is 4.23. The number of aromatic nitrogens is 4. The van der Waals surface area contributed by atoms with Crippen molar-refractivity contribution in [2.24, 2.45) is 5.92 Å². The lowest BCUT2D eigenvalue weighted by molar-refractivity contribution is -0.284. The van der Waals surface area contributed by atoms with Crippen LogP contribution in [-0.2, 0) is 20.1 Å². The van der Waals surface area contributed by atoms with E-state index in [1.54, 1.807) is 23.1 Å². The first kappa shape index (κ1) is 23.3. The van der Waals surface area contributed by atoms with Crippen molar-refractivity contribution in [3.8, 4) is 22.6 Å². The second-order valence-electron chi connectivity index (χ2n) is 9.06. The Morgan fingerprint density at radius 3 is 2.46 bits per heavy atom. The number of amides is 1. The quantitative estimate of drug-likeness (QED) is 0.579. The number of carbonyl (C=O) groups is 1. The minimum Gasteiger partial charge on any atom is -0.368 e. The van der Waals surface area contributed by atoms with Gasteiger partial charge in [-0.3, -0.25) is 4.79 Å². The first-order valence-corrected chi connectivity index (χ1v) is 11.6. The van der Waals surface area contributed by atoms with Crippen LogP contribution in [0.4, 0.5) is 10.3 Å². The molecule has 4 heterocycles. The van der Waals surface area contributed by atoms with E-state index in [1.165, 1.54) is 18.3 Å². The molecule has 2 fully saturated rings. The van der Waals surface area contributed by atoms with Gasteiger partial charge in [-0.05, 0) is 37.4 Å². The van der Waals surface area contributed by atoms with Crippen molar-refractivity contribution in [1.29, 1.82) is 0 Å². The lowest BCUT2D eigenvalue weighted by Crippen LogP contribution is -2.58. The van der Waals surface area contributed by atoms with Crippen LogP contribution >= 0.6 is 0 Å². The van der Waals surface area contributed by atoms with E-state index >= 15 is 0 Å². The number of carbonyl (C=O) groups excluding carboxylic acids is 1. The fourth-order valence-corrected chi connectivity index (χ4v) is 4.23. The van der Waals surface area contributed by atoms with Crippen molar-refractivity contribution >= 4 is 11.9 Å². The Kier molecular flexibility index (Phi) is 6.22. The van der Waals surface area contributed by atoms with Gasteiger partial charge in [0.2, 0.25) is 5.95 Å². The summed E-state index contributed by atoms with van der Waals surface area (Å²) in [6.07, 6.45) is 1.53. The lowest BCUT2D eigenvalue weighted by atomic mass is 10.1. The molecule has 0 radical (unpaired) electrons. The highest BCUT2D eigenvalue weighted by atomic mass is 19.1. The zero-order chi connectivity index (χ0) is 24.6. The summed E-state index contributed by atoms with van der Waals surface area (Å²) < 4.78 is 26.0. The summed E-state index contributed by atoms with van der Waals surface area (Å²) in [7, 11) is 2.02. The van der Waals surface area contributed by atoms with Gasteiger partial charge in [-0.1, -0.05) is 6.92 Å². The number of nitrogens with zero attached hydrogens (tertiary/aromatic N) is 5. The molecular weight excluding hydrogens is 453 g/mol. The van der Waals surface area contributed by atoms with Gasteiger partial charge in [-0.2, -0.15) is 0 Å². The number of piperazine rings is 1. The number of imidazole rings is 1. The molecule has 184 valence electrons. The molecule has 0 saturated carbocycles. The smallest absolute Gasteiger partial charge is 0.310 e. The number of nitrogens with one attached hydrogen (secondary N) is 1. The number of halogens is 1. The zero-order valence-corrected chi connectivity index (χ0v) is 19.7. The Balaban J connectivity index is 1.63. The summed E-state index contributed by atoms with van der Waals surface area (Å²) in [6.45, 7) is 5.28. The molecule has 1 aromatic carbocycles. The maximum absolute atomic E-state index is 13.9. The van der Waals surface area contributed by atoms with Crippen LogP contribution in [0.1, 0.15) is 12.7 Å². The van der Waals surface area contributed by atoms with E-state index in [0.29, 0.717) is 48.9 Å². The van der Waals surface area contributed by atoms with Gasteiger partial charge in [-0.15, -0.1) is 0 Å². The van der Waals surface area contributed by atoms with Crippen LogP contribution in [0.15, 0.2) is 36.5 Å². The number of nitrogen functional groups attached to an aromatic ring is 1. The maximum atomic E-state index is 13.9. The third kappa shape index (κ3) is 4.49. The lowest BCUT2D eigenvalue weighted by Gasteiger charge is -2.41. The topological polar surface area (TPSA) is 122 Å². The molecule has 0 atom stereocenters. The highest BCUT2D eigenvalue weighted by molar-refractivity contribution is 5.86. The number of anilines is 1. The summed E-state index contributed by atoms with van der Waals surface area (Å²) >= 11 is 0. The molecule has 0 aliphatic carbocycles. The number of aromatic amines is 1. The highest BCUT2D eigenvalue weighted by Gasteiger charge is 2.51. The van der Waals surface area contributed by atoms with E-state index in [9.17, 15) is 9.18 Å². The van der Waals surface area contributed by atoms with Crippen LogP contribution in [0.25, 0.3) is 22.6 Å². The average molecular weight is 482 g/mol. The Bertz CT molecular complexity index is 1200. The molecule has 0 bridgehead atoms. The number of rotatable bonds is 4. The highest BCUT2D eigenvalue weighted by Crippen LogP contribution is 2.38. The van der Waals surface area contributed by atoms with Gasteiger partial charge < -0.3 is 30.0 Å². The predicted octanol–water partition coefficient (Wildman–Crippen LogP) is 1.86. The van der Waals surface area contributed by atoms with E-state index in [1.807, 2.05) is 14.0 Å². The number of hydrogen-bond acceptors (Lipinski definition) is 8. The van der Waals surface area contributed by atoms with Crippen LogP contribution in [0.2, 0.25) is 0 Å². The Morgan fingerprint density at radius 1 is 1.11 bits per heavy atom. The number of likely N-dealkylation sites (N-methyl/N-ethyl adjacent to an activating group) is 1. The largest absolute Gasteiger partial charge is 0.368 e. The molecule has 2 aromatic heterocycles. The SMILES string of the molecule is CC1COC(C(=O)N2CCN(C)CC2)(c2nc(-c3ccc(F)cc3)c(-c3ccnc(N)n3)[nH]2)OC1. The zero-order valence-electron chi connectivity index (χ0n) is 19.7. The third-order valence-corrected chi connectivity index (χ3v) is 6.28. The summed E-state index contributed by atoms with van der Waals surface area (Å²) in [6, 6.07) is 7.61. The molecule has 5 rings (SSSR count). The number of benzene rings is 1. The molecule has 10 nitrogen and oxygen atoms in total. The maximum Gasteiger partial charge on any atom is 0.310 e. The van der Waals surface area contributed by atoms with E-state index in [2.05, 4.69) is 19.9 Å². The number of H-pyrrole nitrogens is 1. The molecule has 35 heavy (non-hydrogen) atoms. The van der Waals surface area contributed by atoms with Crippen LogP contribution in [0.5, 0.6) is 0 Å². The Labute approximate surface area is 202 Å². The molecule has 2 aliphatic heterocycles. The average Bonchev–Trinajstić information content (AvgIpc) is 3.31. The van der Waals surface area contributed by atoms with E-state index < -0.39 is 5.79 Å². The fraction of sp³-hybridized carbons (Fsp3) is 0.417. The third-order valence-electron chi connectivity index (χ3n) is 6.28. The molecule has 0 unspecified atom stereocenters. The minimum atomic E-state index is -1.73. The summed E-state index contributed by atoms with van der Waals surface area (Å²) in [4.78, 5) is 34.1. The standard InChI is InChI=1S/C24H28FN7O3/c1-15-13-34-24(35-14-15,22(33)32-11-9-31(2)10-12-32)21-29-19(16-3-5-17(25)6-4-16)20(30-21)18-7-8-27-23(26)28-18/h3-8,15H,9-14H2,1-2H3,(H,29,30)(H2,26,27,28). The second kappa shape index (κ2) is 9.33. The Hall–Kier alpha value is -3.41. The molecule has 3 aromatic rings. The van der Waals surface area contributed by atoms with Gasteiger partial charge in [0.1, 0.15) is 5.82 Å². The van der Waals surface area contributed by atoms with Crippen molar-refractivity contribution in [3.63, 3.8) is 0 Å². The van der Waals surface area contributed by atoms with Gasteiger partial charge in [-0.25, -0.2) is 19.3 Å². The molecule has 3 N–H and O–H groups in total. The van der Waals surface area contributed by atoms with Gasteiger partial charge in [0, 0.05) is 43.9 Å². The molecule has 0 spiro atoms. The van der Waals surface area contributed by atoms with Crippen molar-refractivity contribution in [3.05, 3.63) is 48.2 Å². The molecular formula is C24H28FN7O3. The first-order chi connectivity index (χ1) is 16.9. The molecule has 11 heteroatoms. The van der Waals surface area contributed by atoms with Gasteiger partial charge in [0.05, 0.1) is 30.3 Å². The number of nitrogens with two attached hydrogens (primary N) is 1. The van der Waals surface area contributed by atoms with E-state index in [-0.39, 0.29) is 29.4 Å². The number of ether oxygens (including phenoxy) is 2. The molecule has 2 aliphatic rings. The van der Waals surface area contributed by atoms with Crippen molar-refractivity contribution in [2.75, 3.05) is 52.2 Å². The predicted molar refractivity (Wildman–Crippen MR) is 126 cm³/mol. The molecule has 2 saturated heterocycles. The van der Waals surface area contributed by atoms with Crippen LogP contribution < -0.4 is 5.73 Å². The van der Waals surface area contributed by atoms with Crippen LogP contribution in [-0.4, -0.2) is 82.1 Å². The normalized spacial score (nSPS) is 23.4. The minimum absolute atomic E-state index is 0.0888. The van der Waals surface area contributed by atoms with Crippen molar-refractivity contribution in [2.45, 2.75) is 12.7 Å². The van der Waals surface area contributed by atoms with Gasteiger partial charge >= 0.3 is 5.79 Å². The molecule has 1 amide bonds. The van der Waals surface area contributed by atoms with Gasteiger partial charge in [0.15, 0.2) is 5.82 Å². The Morgan fingerprint density at radius 2 is 1.80 bits per heavy atom. The second-order valence-corrected chi connectivity index (χ2v) is 9.06. The van der Waals surface area contributed by atoms with Crippen LogP contribution in [0.3, 0.4) is 0 Å². The number of hydrogen-bond donors (Lipinski definition) is 2. The van der Waals surface area contributed by atoms with Crippen molar-refractivity contribution < 1.29 is 18.7 Å². The summed E-state index contributed by atoms with van der Waals surface area (Å²) in [5.74, 6) is -1.98. The van der Waals surface area contributed by atoms with Crippen LogP contribution in [0, 0.1) is 11.7 Å². The summed E-state index contributed by atoms with van der Waals surface area (Å²) in [5, 5.41) is 0. The van der Waals surface area contributed by atoms with Crippen molar-refractivity contribution in [1.82, 2.24) is 29.7 Å².